The van der Waals surface area contributed by atoms with Crippen LogP contribution in [0.25, 0.3) is 5.65 Å². The van der Waals surface area contributed by atoms with Gasteiger partial charge in [0.05, 0.1) is 40.4 Å². The lowest BCUT2D eigenvalue weighted by Gasteiger charge is -2.36. The molecular weight excluding hydrogens is 376 g/mol. The first-order valence-corrected chi connectivity index (χ1v) is 10.2. The molecule has 5 heterocycles. The van der Waals surface area contributed by atoms with Crippen LogP contribution in [0.3, 0.4) is 0 Å². The molecule has 0 radical (unpaired) electrons. The summed E-state index contributed by atoms with van der Waals surface area (Å²) in [4.78, 5) is 19.8. The number of aryl methyl sites for hydroxylation is 3. The molecule has 0 aromatic carbocycles. The molecule has 146 valence electrons. The molecule has 0 spiro atoms. The Morgan fingerprint density at radius 3 is 2.82 bits per heavy atom. The highest BCUT2D eigenvalue weighted by Gasteiger charge is 2.43. The molecule has 2 atom stereocenters. The number of rotatable bonds is 3. The van der Waals surface area contributed by atoms with Crippen LogP contribution < -0.4 is 0 Å². The highest BCUT2D eigenvalue weighted by atomic mass is 35.5. The van der Waals surface area contributed by atoms with Crippen molar-refractivity contribution in [1.29, 1.82) is 0 Å². The highest BCUT2D eigenvalue weighted by Crippen LogP contribution is 2.43. The molecule has 2 bridgehead atoms. The van der Waals surface area contributed by atoms with Gasteiger partial charge < -0.3 is 4.90 Å². The van der Waals surface area contributed by atoms with Gasteiger partial charge in [-0.2, -0.15) is 10.2 Å². The molecular formula is C20H23ClN6O. The van der Waals surface area contributed by atoms with Gasteiger partial charge >= 0.3 is 0 Å². The Kier molecular flexibility index (Phi) is 3.98. The molecule has 3 aromatic heterocycles. The van der Waals surface area contributed by atoms with Crippen molar-refractivity contribution in [3.05, 3.63) is 45.6 Å². The zero-order chi connectivity index (χ0) is 19.6. The van der Waals surface area contributed by atoms with Crippen molar-refractivity contribution in [2.24, 2.45) is 0 Å². The van der Waals surface area contributed by atoms with E-state index in [2.05, 4.69) is 20.1 Å². The summed E-state index contributed by atoms with van der Waals surface area (Å²) in [7, 11) is 0. The molecule has 1 fully saturated rings. The smallest absolute Gasteiger partial charge is 0.225 e. The maximum atomic E-state index is 13.1. The van der Waals surface area contributed by atoms with E-state index in [0.29, 0.717) is 18.0 Å². The van der Waals surface area contributed by atoms with Crippen LogP contribution in [0.1, 0.15) is 53.6 Å². The van der Waals surface area contributed by atoms with E-state index in [1.807, 2.05) is 42.2 Å². The molecule has 7 nitrogen and oxygen atoms in total. The first-order chi connectivity index (χ1) is 13.4. The monoisotopic (exact) mass is 398 g/mol. The number of nitrogens with zero attached hydrogens (tertiary/aromatic N) is 6. The van der Waals surface area contributed by atoms with Crippen LogP contribution in [0.4, 0.5) is 0 Å². The Morgan fingerprint density at radius 2 is 2.07 bits per heavy atom. The minimum Gasteiger partial charge on any atom is -0.332 e. The van der Waals surface area contributed by atoms with Gasteiger partial charge in [-0.05, 0) is 33.6 Å². The number of fused-ring (bicyclic) bond motifs is 6. The topological polar surface area (TPSA) is 68.3 Å². The maximum Gasteiger partial charge on any atom is 0.225 e. The summed E-state index contributed by atoms with van der Waals surface area (Å²) >= 11 is 6.23. The largest absolute Gasteiger partial charge is 0.332 e. The molecule has 1 saturated heterocycles. The lowest BCUT2D eigenvalue weighted by Crippen LogP contribution is -2.43. The van der Waals surface area contributed by atoms with Gasteiger partial charge in [0.25, 0.3) is 0 Å². The lowest BCUT2D eigenvalue weighted by molar-refractivity contribution is -0.135. The van der Waals surface area contributed by atoms with Crippen molar-refractivity contribution in [3.8, 4) is 0 Å². The molecule has 0 aliphatic carbocycles. The molecule has 28 heavy (non-hydrogen) atoms. The highest BCUT2D eigenvalue weighted by molar-refractivity contribution is 6.31. The van der Waals surface area contributed by atoms with E-state index in [1.54, 1.807) is 0 Å². The van der Waals surface area contributed by atoms with Crippen LogP contribution in [-0.4, -0.2) is 41.2 Å². The van der Waals surface area contributed by atoms with Crippen molar-refractivity contribution in [1.82, 2.24) is 29.3 Å². The quantitative estimate of drug-likeness (QED) is 0.679. The van der Waals surface area contributed by atoms with Gasteiger partial charge in [0, 0.05) is 36.7 Å². The van der Waals surface area contributed by atoms with Gasteiger partial charge in [0.2, 0.25) is 5.91 Å². The normalized spacial score (nSPS) is 20.8. The summed E-state index contributed by atoms with van der Waals surface area (Å²) in [5, 5.41) is 9.75. The summed E-state index contributed by atoms with van der Waals surface area (Å²) in [5.74, 6) is 0.179. The van der Waals surface area contributed by atoms with E-state index in [-0.39, 0.29) is 18.0 Å². The first kappa shape index (κ1) is 17.7. The van der Waals surface area contributed by atoms with E-state index >= 15 is 0 Å². The molecule has 0 unspecified atom stereocenters. The number of carbonyl (C=O) groups is 1. The minimum absolute atomic E-state index is 0.103. The van der Waals surface area contributed by atoms with Gasteiger partial charge in [0.15, 0.2) is 5.65 Å². The van der Waals surface area contributed by atoms with Crippen molar-refractivity contribution >= 4 is 23.2 Å². The molecule has 2 aliphatic heterocycles. The molecule has 0 saturated carbocycles. The second-order valence-corrected chi connectivity index (χ2v) is 8.30. The number of halogens is 1. The Labute approximate surface area is 168 Å². The van der Waals surface area contributed by atoms with Crippen LogP contribution in [0.2, 0.25) is 5.02 Å². The number of carbonyl (C=O) groups excluding carboxylic acids is 1. The van der Waals surface area contributed by atoms with Crippen molar-refractivity contribution < 1.29 is 4.79 Å². The van der Waals surface area contributed by atoms with E-state index in [1.165, 1.54) is 5.69 Å². The van der Waals surface area contributed by atoms with Crippen LogP contribution in [-0.2, 0) is 17.8 Å². The SMILES string of the molecule is Cc1cc2ncc3c(n2n1)C[C@@H]1CC[C@@H]3N1C(=O)CCn1nc(C)c(Cl)c1C. The average molecular weight is 399 g/mol. The fraction of sp³-hybridized carbons (Fsp3) is 0.500. The zero-order valence-corrected chi connectivity index (χ0v) is 17.1. The van der Waals surface area contributed by atoms with Crippen LogP contribution in [0.15, 0.2) is 12.3 Å². The number of hydrogen-bond donors (Lipinski definition) is 0. The van der Waals surface area contributed by atoms with Crippen molar-refractivity contribution in [3.63, 3.8) is 0 Å². The fourth-order valence-electron chi connectivity index (χ4n) is 4.80. The second kappa shape index (κ2) is 6.30. The van der Waals surface area contributed by atoms with Gasteiger partial charge in [-0.1, -0.05) is 11.6 Å². The molecule has 8 heteroatoms. The summed E-state index contributed by atoms with van der Waals surface area (Å²) in [5.41, 5.74) is 5.93. The lowest BCUT2D eigenvalue weighted by atomic mass is 9.98. The van der Waals surface area contributed by atoms with Gasteiger partial charge in [0.1, 0.15) is 0 Å². The van der Waals surface area contributed by atoms with E-state index in [0.717, 1.165) is 47.6 Å². The third-order valence-corrected chi connectivity index (χ3v) is 6.69. The summed E-state index contributed by atoms with van der Waals surface area (Å²) < 4.78 is 3.81. The standard InChI is InChI=1S/C20H23ClN6O/c1-11-8-18-22-10-15-16-5-4-14(9-17(15)27(18)23-11)26(16)19(28)6-7-25-13(3)20(21)12(2)24-25/h8,10,14,16H,4-7,9H2,1-3H3/t14-,16-/m0/s1. The Balaban J connectivity index is 1.40. The average Bonchev–Trinajstić information content (AvgIpc) is 3.29. The Bertz CT molecular complexity index is 1100. The molecule has 2 aliphatic rings. The second-order valence-electron chi connectivity index (χ2n) is 7.93. The van der Waals surface area contributed by atoms with Gasteiger partial charge in [-0.25, -0.2) is 9.50 Å². The first-order valence-electron chi connectivity index (χ1n) is 9.79. The van der Waals surface area contributed by atoms with Crippen LogP contribution in [0, 0.1) is 20.8 Å². The summed E-state index contributed by atoms with van der Waals surface area (Å²) in [6.45, 7) is 6.37. The van der Waals surface area contributed by atoms with Gasteiger partial charge in [-0.15, -0.1) is 0 Å². The summed E-state index contributed by atoms with van der Waals surface area (Å²) in [6.07, 6.45) is 5.22. The molecule has 3 aromatic rings. The number of amides is 1. The fourth-order valence-corrected chi connectivity index (χ4v) is 4.94. The third kappa shape index (κ3) is 2.56. The molecule has 1 amide bonds. The Morgan fingerprint density at radius 1 is 1.25 bits per heavy atom. The van der Waals surface area contributed by atoms with Crippen molar-refractivity contribution in [2.45, 2.75) is 65.1 Å². The van der Waals surface area contributed by atoms with Crippen LogP contribution in [0.5, 0.6) is 0 Å². The molecule has 5 rings (SSSR count). The zero-order valence-electron chi connectivity index (χ0n) is 16.3. The van der Waals surface area contributed by atoms with E-state index < -0.39 is 0 Å². The van der Waals surface area contributed by atoms with E-state index in [4.69, 9.17) is 11.6 Å². The predicted molar refractivity (Wildman–Crippen MR) is 105 cm³/mol. The number of hydrogen-bond acceptors (Lipinski definition) is 4. The maximum absolute atomic E-state index is 13.1. The van der Waals surface area contributed by atoms with E-state index in [9.17, 15) is 4.79 Å². The molecule has 0 N–H and O–H groups in total. The number of aromatic nitrogens is 5. The Hall–Kier alpha value is -2.41. The minimum atomic E-state index is 0.103. The summed E-state index contributed by atoms with van der Waals surface area (Å²) in [6, 6.07) is 2.34. The predicted octanol–water partition coefficient (Wildman–Crippen LogP) is 3.18. The third-order valence-electron chi connectivity index (χ3n) is 6.15. The van der Waals surface area contributed by atoms with Crippen molar-refractivity contribution in [2.75, 3.05) is 0 Å². The van der Waals surface area contributed by atoms with Crippen LogP contribution >= 0.6 is 11.6 Å². The van der Waals surface area contributed by atoms with Gasteiger partial charge in [-0.3, -0.25) is 9.48 Å².